The van der Waals surface area contributed by atoms with Crippen molar-refractivity contribution in [2.45, 2.75) is 0 Å². The molecular weight excluding hydrogens is 210 g/mol. The van der Waals surface area contributed by atoms with E-state index >= 15 is 0 Å². The van der Waals surface area contributed by atoms with Crippen LogP contribution in [0.4, 0.5) is 0 Å². The van der Waals surface area contributed by atoms with Gasteiger partial charge in [-0.2, -0.15) is 0 Å². The topological polar surface area (TPSA) is 3.24 Å². The van der Waals surface area contributed by atoms with E-state index in [1.807, 2.05) is 37.5 Å². The standard InChI is InChI=1S/C3H7NS2.Mo/c1-4(2)3(5)6;/h1-2H3,(H,5,6);/q;+1/p-1. The molecule has 0 aliphatic carbocycles. The Morgan fingerprint density at radius 2 is 2.14 bits per heavy atom. The van der Waals surface area contributed by atoms with Crippen molar-refractivity contribution in [2.24, 2.45) is 0 Å². The Kier molecular flexibility index (Phi) is 4.39. The molecule has 1 nitrogen and oxygen atoms in total. The van der Waals surface area contributed by atoms with Crippen LogP contribution in [0.3, 0.4) is 0 Å². The van der Waals surface area contributed by atoms with Crippen molar-refractivity contribution in [1.82, 2.24) is 4.90 Å². The number of hydrogen-bond donors (Lipinski definition) is 0. The van der Waals surface area contributed by atoms with Gasteiger partial charge < -0.3 is 0 Å². The zero-order chi connectivity index (χ0) is 5.86. The van der Waals surface area contributed by atoms with E-state index in [1.54, 1.807) is 9.47 Å². The van der Waals surface area contributed by atoms with Crippen LogP contribution in [-0.4, -0.2) is 23.3 Å². The minimum atomic E-state index is 0.935. The van der Waals surface area contributed by atoms with Crippen LogP contribution in [0.15, 0.2) is 0 Å². The Balaban J connectivity index is 3.35. The summed E-state index contributed by atoms with van der Waals surface area (Å²) >= 11 is 6.78. The van der Waals surface area contributed by atoms with Crippen molar-refractivity contribution in [3.8, 4) is 0 Å². The van der Waals surface area contributed by atoms with Gasteiger partial charge in [0, 0.05) is 0 Å². The number of nitrogens with zero attached hydrogens (tertiary/aromatic N) is 1. The zero-order valence-corrected chi connectivity index (χ0v) is 7.81. The molecule has 7 heavy (non-hydrogen) atoms. The van der Waals surface area contributed by atoms with Crippen LogP contribution in [0, 0.1) is 0 Å². The van der Waals surface area contributed by atoms with Crippen molar-refractivity contribution in [1.29, 1.82) is 0 Å². The van der Waals surface area contributed by atoms with E-state index in [9.17, 15) is 0 Å². The second-order valence-electron chi connectivity index (χ2n) is 1.24. The van der Waals surface area contributed by atoms with Gasteiger partial charge in [-0.15, -0.1) is 0 Å². The summed E-state index contributed by atoms with van der Waals surface area (Å²) in [5, 5.41) is 0. The molecule has 0 fully saturated rings. The molecular formula is C3H6MoNS2. The second kappa shape index (κ2) is 3.87. The quantitative estimate of drug-likeness (QED) is 0.440. The first-order valence-corrected chi connectivity index (χ1v) is 5.30. The molecule has 0 spiro atoms. The van der Waals surface area contributed by atoms with Gasteiger partial charge in [0.25, 0.3) is 0 Å². The van der Waals surface area contributed by atoms with E-state index in [0.717, 1.165) is 4.32 Å². The van der Waals surface area contributed by atoms with E-state index in [-0.39, 0.29) is 0 Å². The predicted molar refractivity (Wildman–Crippen MR) is 33.9 cm³/mol. The number of hydrogen-bond acceptors (Lipinski definition) is 2. The Hall–Kier alpha value is 0.928. The molecule has 0 aliphatic rings. The first-order valence-electron chi connectivity index (χ1n) is 1.69. The van der Waals surface area contributed by atoms with Crippen molar-refractivity contribution >= 4 is 26.0 Å². The maximum atomic E-state index is 4.87. The molecule has 0 saturated carbocycles. The molecule has 0 radical (unpaired) electrons. The molecule has 0 rings (SSSR count). The van der Waals surface area contributed by atoms with E-state index in [4.69, 9.17) is 12.2 Å². The van der Waals surface area contributed by atoms with Gasteiger partial charge in [0.05, 0.1) is 0 Å². The third kappa shape index (κ3) is 3.51. The summed E-state index contributed by atoms with van der Waals surface area (Å²) in [6, 6.07) is 0. The van der Waals surface area contributed by atoms with Gasteiger partial charge in [0.15, 0.2) is 0 Å². The normalized spacial score (nSPS) is 8.29. The van der Waals surface area contributed by atoms with Gasteiger partial charge in [-0.3, -0.25) is 0 Å². The second-order valence-corrected chi connectivity index (χ2v) is 3.67. The minimum absolute atomic E-state index is 0.935. The Labute approximate surface area is 63.4 Å². The maximum absolute atomic E-state index is 4.87. The summed E-state index contributed by atoms with van der Waals surface area (Å²) in [4.78, 5) is 1.92. The fourth-order valence-corrected chi connectivity index (χ4v) is 1.32. The Morgan fingerprint density at radius 3 is 2.14 bits per heavy atom. The van der Waals surface area contributed by atoms with Crippen molar-refractivity contribution in [2.75, 3.05) is 14.1 Å². The summed E-state index contributed by atoms with van der Waals surface area (Å²) in [6.45, 7) is 0. The van der Waals surface area contributed by atoms with E-state index in [1.165, 1.54) is 0 Å². The molecule has 4 heteroatoms. The van der Waals surface area contributed by atoms with E-state index in [0.29, 0.717) is 0 Å². The van der Waals surface area contributed by atoms with Crippen LogP contribution in [0.25, 0.3) is 0 Å². The van der Waals surface area contributed by atoms with Crippen LogP contribution >= 0.6 is 21.7 Å². The molecule has 0 bridgehead atoms. The molecule has 0 N–H and O–H groups in total. The van der Waals surface area contributed by atoms with Crippen LogP contribution in [0.1, 0.15) is 0 Å². The zero-order valence-electron chi connectivity index (χ0n) is 4.17. The van der Waals surface area contributed by atoms with Crippen molar-refractivity contribution in [3.05, 3.63) is 0 Å². The average molecular weight is 216 g/mol. The van der Waals surface area contributed by atoms with Crippen LogP contribution in [0.2, 0.25) is 0 Å². The molecule has 0 saturated heterocycles. The van der Waals surface area contributed by atoms with E-state index < -0.39 is 0 Å². The molecule has 0 amide bonds. The molecule has 0 heterocycles. The molecule has 0 aromatic heterocycles. The number of rotatable bonds is 0. The summed E-state index contributed by atoms with van der Waals surface area (Å²) in [5.74, 6) is 0. The molecule has 0 aromatic rings. The van der Waals surface area contributed by atoms with Gasteiger partial charge in [0.1, 0.15) is 0 Å². The molecule has 0 aliphatic heterocycles. The number of thiocarbonyl (C=S) groups is 1. The van der Waals surface area contributed by atoms with Crippen molar-refractivity contribution < 1.29 is 18.5 Å². The monoisotopic (exact) mass is 218 g/mol. The first-order chi connectivity index (χ1) is 3.18. The first kappa shape index (κ1) is 7.93. The summed E-state index contributed by atoms with van der Waals surface area (Å²) in [7, 11) is 5.49. The summed E-state index contributed by atoms with van der Waals surface area (Å²) in [5.41, 5.74) is 0. The van der Waals surface area contributed by atoms with Crippen LogP contribution in [0.5, 0.6) is 0 Å². The third-order valence-electron chi connectivity index (χ3n) is 0.436. The van der Waals surface area contributed by atoms with Gasteiger partial charge in [-0.05, 0) is 0 Å². The SMILES string of the molecule is CN(C)C(=S)[S][Mo]. The Morgan fingerprint density at radius 1 is 1.71 bits per heavy atom. The molecule has 41 valence electrons. The fraction of sp³-hybridized carbons (Fsp3) is 0.667. The summed E-state index contributed by atoms with van der Waals surface area (Å²) < 4.78 is 0.935. The van der Waals surface area contributed by atoms with Crippen molar-refractivity contribution in [3.63, 3.8) is 0 Å². The average Bonchev–Trinajstić information content (AvgIpc) is 1.65. The van der Waals surface area contributed by atoms with Gasteiger partial charge in [-0.1, -0.05) is 0 Å². The summed E-state index contributed by atoms with van der Waals surface area (Å²) in [6.07, 6.45) is 0. The van der Waals surface area contributed by atoms with E-state index in [2.05, 4.69) is 0 Å². The third-order valence-corrected chi connectivity index (χ3v) is 3.57. The fourth-order valence-electron chi connectivity index (χ4n) is 0.0745. The predicted octanol–water partition coefficient (Wildman–Crippen LogP) is 1.03. The molecule has 0 atom stereocenters. The van der Waals surface area contributed by atoms with Gasteiger partial charge >= 0.3 is 63.5 Å². The Bertz CT molecular complexity index is 73.3. The molecule has 0 aromatic carbocycles. The molecule has 0 unspecified atom stereocenters. The van der Waals surface area contributed by atoms with Gasteiger partial charge in [0.2, 0.25) is 0 Å². The van der Waals surface area contributed by atoms with Crippen LogP contribution in [-0.2, 0) is 18.5 Å². The van der Waals surface area contributed by atoms with Crippen LogP contribution < -0.4 is 0 Å². The van der Waals surface area contributed by atoms with Gasteiger partial charge in [-0.25, -0.2) is 0 Å².